The molecule has 0 atom stereocenters. The Kier molecular flexibility index (Phi) is 7.53. The zero-order valence-electron chi connectivity index (χ0n) is 27.5. The van der Waals surface area contributed by atoms with E-state index in [9.17, 15) is 0 Å². The maximum Gasteiger partial charge on any atom is 0.0702 e. The van der Waals surface area contributed by atoms with E-state index < -0.39 is 0 Å². The molecular formula is C48H34N2. The van der Waals surface area contributed by atoms with Crippen LogP contribution in [0.2, 0.25) is 0 Å². The molecule has 0 aliphatic rings. The number of fused-ring (bicyclic) bond motifs is 3. The molecule has 8 aromatic carbocycles. The van der Waals surface area contributed by atoms with Gasteiger partial charge in [-0.2, -0.15) is 0 Å². The van der Waals surface area contributed by atoms with Crippen LogP contribution in [0.3, 0.4) is 0 Å². The average molecular weight is 639 g/mol. The molecule has 0 aliphatic heterocycles. The number of hydrogen-bond donors (Lipinski definition) is 0. The number of aromatic nitrogens is 1. The van der Waals surface area contributed by atoms with Gasteiger partial charge in [0.1, 0.15) is 0 Å². The van der Waals surface area contributed by atoms with Gasteiger partial charge in [0, 0.05) is 22.1 Å². The smallest absolute Gasteiger partial charge is 0.0702 e. The van der Waals surface area contributed by atoms with Crippen LogP contribution in [0.5, 0.6) is 0 Å². The van der Waals surface area contributed by atoms with Crippen molar-refractivity contribution in [3.8, 4) is 39.1 Å². The van der Waals surface area contributed by atoms with Crippen molar-refractivity contribution in [3.05, 3.63) is 206 Å². The molecule has 0 bridgehead atoms. The first-order valence-electron chi connectivity index (χ1n) is 17.1. The van der Waals surface area contributed by atoms with E-state index >= 15 is 0 Å². The lowest BCUT2D eigenvalue weighted by molar-refractivity contribution is 1.15. The van der Waals surface area contributed by atoms with Crippen LogP contribution in [-0.4, -0.2) is 4.57 Å². The predicted molar refractivity (Wildman–Crippen MR) is 212 cm³/mol. The summed E-state index contributed by atoms with van der Waals surface area (Å²) in [6, 6.07) is 74.0. The molecule has 0 fully saturated rings. The molecule has 1 heterocycles. The third kappa shape index (κ3) is 5.34. The molecule has 9 rings (SSSR count). The van der Waals surface area contributed by atoms with Gasteiger partial charge in [-0.15, -0.1) is 0 Å². The minimum Gasteiger partial charge on any atom is -0.308 e. The van der Waals surface area contributed by atoms with E-state index in [1.54, 1.807) is 0 Å². The summed E-state index contributed by atoms with van der Waals surface area (Å²) < 4.78 is 2.41. The van der Waals surface area contributed by atoms with Crippen molar-refractivity contribution in [1.29, 1.82) is 0 Å². The van der Waals surface area contributed by atoms with Crippen molar-refractivity contribution in [3.63, 3.8) is 0 Å². The van der Waals surface area contributed by atoms with Gasteiger partial charge in [0.25, 0.3) is 0 Å². The van der Waals surface area contributed by atoms with Crippen LogP contribution >= 0.6 is 0 Å². The molecule has 236 valence electrons. The van der Waals surface area contributed by atoms with Crippen LogP contribution in [0.15, 0.2) is 206 Å². The molecule has 0 unspecified atom stereocenters. The monoisotopic (exact) mass is 638 g/mol. The maximum absolute atomic E-state index is 2.41. The van der Waals surface area contributed by atoms with Crippen molar-refractivity contribution in [2.24, 2.45) is 0 Å². The van der Waals surface area contributed by atoms with E-state index in [1.807, 2.05) is 0 Å². The summed E-state index contributed by atoms with van der Waals surface area (Å²) in [5.74, 6) is 0. The molecule has 2 nitrogen and oxygen atoms in total. The fraction of sp³-hybridized carbons (Fsp3) is 0. The minimum atomic E-state index is 1.09. The summed E-state index contributed by atoms with van der Waals surface area (Å²) in [7, 11) is 0. The van der Waals surface area contributed by atoms with Crippen molar-refractivity contribution < 1.29 is 0 Å². The topological polar surface area (TPSA) is 8.17 Å². The Morgan fingerprint density at radius 3 is 1.08 bits per heavy atom. The van der Waals surface area contributed by atoms with Gasteiger partial charge in [0.05, 0.1) is 22.4 Å². The Hall–Kier alpha value is -6.64. The number of anilines is 3. The first-order valence-corrected chi connectivity index (χ1v) is 17.1. The molecule has 2 heteroatoms. The van der Waals surface area contributed by atoms with E-state index in [1.165, 1.54) is 55.2 Å². The standard InChI is InChI=1S/C48H34N2/c1-3-13-35(14-4-1)37-23-25-38(26-24-37)40-29-33-42(34-30-40)49(41-31-27-39(28-32-41)36-15-5-2-6-16-36)47-21-11-12-22-48(47)50-45-19-9-7-17-43(45)44-18-8-10-20-46(44)50/h1-34H. The van der Waals surface area contributed by atoms with Crippen molar-refractivity contribution in [2.45, 2.75) is 0 Å². The van der Waals surface area contributed by atoms with Crippen LogP contribution in [0.4, 0.5) is 17.1 Å². The zero-order valence-corrected chi connectivity index (χ0v) is 27.5. The largest absolute Gasteiger partial charge is 0.308 e. The highest BCUT2D eigenvalue weighted by atomic mass is 15.2. The molecule has 0 spiro atoms. The predicted octanol–water partition coefficient (Wildman–Crippen LogP) is 13.3. The molecule has 0 amide bonds. The van der Waals surface area contributed by atoms with E-state index in [2.05, 4.69) is 216 Å². The third-order valence-electron chi connectivity index (χ3n) is 9.63. The fourth-order valence-electron chi connectivity index (χ4n) is 7.17. The van der Waals surface area contributed by atoms with E-state index in [4.69, 9.17) is 0 Å². The summed E-state index contributed by atoms with van der Waals surface area (Å²) in [6.07, 6.45) is 0. The Labute approximate surface area is 292 Å². The van der Waals surface area contributed by atoms with Crippen LogP contribution in [0.1, 0.15) is 0 Å². The lowest BCUT2D eigenvalue weighted by Crippen LogP contribution is -2.13. The van der Waals surface area contributed by atoms with Gasteiger partial charge < -0.3 is 9.47 Å². The Balaban J connectivity index is 1.17. The number of para-hydroxylation sites is 4. The maximum atomic E-state index is 2.41. The number of benzene rings is 8. The van der Waals surface area contributed by atoms with Gasteiger partial charge in [-0.25, -0.2) is 0 Å². The SMILES string of the molecule is c1ccc(-c2ccc(-c3ccc(N(c4ccc(-c5ccccc5)cc4)c4ccccc4-n4c5ccccc5c5ccccc54)cc3)cc2)cc1. The second-order valence-corrected chi connectivity index (χ2v) is 12.6. The van der Waals surface area contributed by atoms with Gasteiger partial charge in [0.2, 0.25) is 0 Å². The summed E-state index contributed by atoms with van der Waals surface area (Å²) in [6.45, 7) is 0. The molecule has 1 aromatic heterocycles. The molecule has 50 heavy (non-hydrogen) atoms. The first kappa shape index (κ1) is 29.5. The zero-order chi connectivity index (χ0) is 33.3. The summed E-state index contributed by atoms with van der Waals surface area (Å²) in [5, 5.41) is 2.50. The molecule has 0 aliphatic carbocycles. The van der Waals surface area contributed by atoms with Crippen molar-refractivity contribution >= 4 is 38.9 Å². The quantitative estimate of drug-likeness (QED) is 0.169. The second-order valence-electron chi connectivity index (χ2n) is 12.6. The lowest BCUT2D eigenvalue weighted by atomic mass is 10.00. The van der Waals surface area contributed by atoms with E-state index in [0.717, 1.165) is 22.7 Å². The average Bonchev–Trinajstić information content (AvgIpc) is 3.54. The summed E-state index contributed by atoms with van der Waals surface area (Å²) >= 11 is 0. The highest BCUT2D eigenvalue weighted by Gasteiger charge is 2.20. The van der Waals surface area contributed by atoms with E-state index in [0.29, 0.717) is 0 Å². The highest BCUT2D eigenvalue weighted by molar-refractivity contribution is 6.09. The number of hydrogen-bond acceptors (Lipinski definition) is 1. The van der Waals surface area contributed by atoms with Crippen LogP contribution < -0.4 is 4.90 Å². The minimum absolute atomic E-state index is 1.09. The Morgan fingerprint density at radius 1 is 0.280 bits per heavy atom. The molecular weight excluding hydrogens is 605 g/mol. The summed E-state index contributed by atoms with van der Waals surface area (Å²) in [5.41, 5.74) is 14.0. The van der Waals surface area contributed by atoms with Crippen LogP contribution in [0, 0.1) is 0 Å². The van der Waals surface area contributed by atoms with Crippen LogP contribution in [-0.2, 0) is 0 Å². The molecule has 0 N–H and O–H groups in total. The Bertz CT molecular complexity index is 2490. The number of rotatable bonds is 7. The Morgan fingerprint density at radius 2 is 0.620 bits per heavy atom. The molecule has 0 saturated carbocycles. The molecule has 0 saturated heterocycles. The van der Waals surface area contributed by atoms with Gasteiger partial charge in [-0.3, -0.25) is 0 Å². The normalized spacial score (nSPS) is 11.2. The van der Waals surface area contributed by atoms with Gasteiger partial charge >= 0.3 is 0 Å². The number of nitrogens with zero attached hydrogens (tertiary/aromatic N) is 2. The van der Waals surface area contributed by atoms with Crippen molar-refractivity contribution in [2.75, 3.05) is 4.90 Å². The second kappa shape index (κ2) is 12.8. The molecule has 9 aromatic rings. The van der Waals surface area contributed by atoms with Gasteiger partial charge in [0.15, 0.2) is 0 Å². The fourth-order valence-corrected chi connectivity index (χ4v) is 7.17. The highest BCUT2D eigenvalue weighted by Crippen LogP contribution is 2.42. The molecule has 0 radical (unpaired) electrons. The van der Waals surface area contributed by atoms with Gasteiger partial charge in [-0.05, 0) is 81.9 Å². The van der Waals surface area contributed by atoms with Crippen LogP contribution in [0.25, 0.3) is 60.9 Å². The third-order valence-corrected chi connectivity index (χ3v) is 9.63. The lowest BCUT2D eigenvalue weighted by Gasteiger charge is -2.28. The first-order chi connectivity index (χ1) is 24.8. The van der Waals surface area contributed by atoms with Crippen molar-refractivity contribution in [1.82, 2.24) is 4.57 Å². The van der Waals surface area contributed by atoms with Gasteiger partial charge in [-0.1, -0.05) is 158 Å². The van der Waals surface area contributed by atoms with E-state index in [-0.39, 0.29) is 0 Å². The summed E-state index contributed by atoms with van der Waals surface area (Å²) in [4.78, 5) is 2.38.